The number of hydrogen-bond acceptors (Lipinski definition) is 3. The molecule has 1 fully saturated rings. The topological polar surface area (TPSA) is 52.6 Å². The van der Waals surface area contributed by atoms with Crippen LogP contribution in [0.2, 0.25) is 0 Å². The molecule has 4 heteroatoms. The Hall–Kier alpha value is -1.55. The molecule has 0 bridgehead atoms. The zero-order chi connectivity index (χ0) is 14.7. The predicted molar refractivity (Wildman–Crippen MR) is 81.1 cm³/mol. The molecular weight excluding hydrogens is 252 g/mol. The summed E-state index contributed by atoms with van der Waals surface area (Å²) < 4.78 is 0. The van der Waals surface area contributed by atoms with Gasteiger partial charge in [0.1, 0.15) is 5.75 Å². The van der Waals surface area contributed by atoms with Crippen LogP contribution >= 0.6 is 0 Å². The molecule has 1 aromatic rings. The monoisotopic (exact) mass is 276 g/mol. The summed E-state index contributed by atoms with van der Waals surface area (Å²) in [5.41, 5.74) is 1.80. The van der Waals surface area contributed by atoms with E-state index in [2.05, 4.69) is 12.2 Å². The van der Waals surface area contributed by atoms with Gasteiger partial charge in [-0.05, 0) is 50.8 Å². The van der Waals surface area contributed by atoms with Gasteiger partial charge in [0.25, 0.3) is 0 Å². The van der Waals surface area contributed by atoms with Gasteiger partial charge in [0.2, 0.25) is 5.91 Å². The first-order valence-corrected chi connectivity index (χ1v) is 7.37. The number of nitrogens with one attached hydrogen (secondary N) is 1. The molecule has 1 aromatic carbocycles. The number of carbonyl (C=O) groups is 1. The lowest BCUT2D eigenvalue weighted by Crippen LogP contribution is -2.50. The Bertz CT molecular complexity index is 487. The zero-order valence-corrected chi connectivity index (χ0v) is 12.5. The fourth-order valence-electron chi connectivity index (χ4n) is 2.82. The van der Waals surface area contributed by atoms with Gasteiger partial charge in [-0.1, -0.05) is 13.0 Å². The molecule has 2 N–H and O–H groups in total. The summed E-state index contributed by atoms with van der Waals surface area (Å²) in [5, 5.41) is 13.0. The van der Waals surface area contributed by atoms with Gasteiger partial charge in [-0.25, -0.2) is 0 Å². The van der Waals surface area contributed by atoms with E-state index in [1.54, 1.807) is 17.0 Å². The Morgan fingerprint density at radius 1 is 1.50 bits per heavy atom. The van der Waals surface area contributed by atoms with Crippen molar-refractivity contribution in [3.8, 4) is 5.75 Å². The SMILES string of the molecule is CCN(C(=O)C1CC(C)CCN1)c1cc(O)ccc1C. The van der Waals surface area contributed by atoms with Gasteiger partial charge in [-0.2, -0.15) is 0 Å². The van der Waals surface area contributed by atoms with Crippen molar-refractivity contribution >= 4 is 11.6 Å². The zero-order valence-electron chi connectivity index (χ0n) is 12.5. The number of aryl methyl sites for hydroxylation is 1. The van der Waals surface area contributed by atoms with E-state index in [1.165, 1.54) is 0 Å². The van der Waals surface area contributed by atoms with Gasteiger partial charge >= 0.3 is 0 Å². The van der Waals surface area contributed by atoms with Crippen molar-refractivity contribution in [2.45, 2.75) is 39.7 Å². The van der Waals surface area contributed by atoms with Crippen LogP contribution in [-0.4, -0.2) is 30.1 Å². The quantitative estimate of drug-likeness (QED) is 0.891. The minimum absolute atomic E-state index is 0.104. The number of anilines is 1. The van der Waals surface area contributed by atoms with Gasteiger partial charge in [0.05, 0.1) is 11.7 Å². The number of phenolic OH excluding ortho intramolecular Hbond substituents is 1. The molecule has 2 atom stereocenters. The normalized spacial score (nSPS) is 22.6. The smallest absolute Gasteiger partial charge is 0.244 e. The fraction of sp³-hybridized carbons (Fsp3) is 0.562. The predicted octanol–water partition coefficient (Wildman–Crippen LogP) is 2.44. The molecule has 0 aliphatic carbocycles. The van der Waals surface area contributed by atoms with Gasteiger partial charge < -0.3 is 15.3 Å². The van der Waals surface area contributed by atoms with Gasteiger partial charge in [-0.15, -0.1) is 0 Å². The number of nitrogens with zero attached hydrogens (tertiary/aromatic N) is 1. The van der Waals surface area contributed by atoms with Crippen LogP contribution in [0.5, 0.6) is 5.75 Å². The summed E-state index contributed by atoms with van der Waals surface area (Å²) in [6.45, 7) is 7.62. The Kier molecular flexibility index (Phi) is 4.65. The molecule has 1 aliphatic heterocycles. The Labute approximate surface area is 120 Å². The van der Waals surface area contributed by atoms with Crippen LogP contribution in [-0.2, 0) is 4.79 Å². The van der Waals surface area contributed by atoms with Crippen LogP contribution in [0.1, 0.15) is 32.3 Å². The van der Waals surface area contributed by atoms with E-state index in [-0.39, 0.29) is 17.7 Å². The van der Waals surface area contributed by atoms with E-state index < -0.39 is 0 Å². The van der Waals surface area contributed by atoms with E-state index in [1.807, 2.05) is 19.9 Å². The molecule has 110 valence electrons. The molecule has 1 saturated heterocycles. The highest BCUT2D eigenvalue weighted by Gasteiger charge is 2.29. The van der Waals surface area contributed by atoms with E-state index >= 15 is 0 Å². The second-order valence-electron chi connectivity index (χ2n) is 5.69. The molecule has 0 spiro atoms. The average molecular weight is 276 g/mol. The second kappa shape index (κ2) is 6.27. The third-order valence-corrected chi connectivity index (χ3v) is 4.03. The third kappa shape index (κ3) is 3.12. The summed E-state index contributed by atoms with van der Waals surface area (Å²) in [6.07, 6.45) is 2.01. The number of piperidine rings is 1. The third-order valence-electron chi connectivity index (χ3n) is 4.03. The van der Waals surface area contributed by atoms with Crippen LogP contribution in [0, 0.1) is 12.8 Å². The van der Waals surface area contributed by atoms with Crippen molar-refractivity contribution in [2.75, 3.05) is 18.0 Å². The number of amides is 1. The molecule has 4 nitrogen and oxygen atoms in total. The molecule has 1 amide bonds. The van der Waals surface area contributed by atoms with Crippen LogP contribution in [0.4, 0.5) is 5.69 Å². The van der Waals surface area contributed by atoms with Crippen molar-refractivity contribution in [3.63, 3.8) is 0 Å². The number of likely N-dealkylation sites (N-methyl/N-ethyl adjacent to an activating group) is 1. The van der Waals surface area contributed by atoms with E-state index in [4.69, 9.17) is 0 Å². The van der Waals surface area contributed by atoms with E-state index in [0.717, 1.165) is 30.6 Å². The van der Waals surface area contributed by atoms with Crippen molar-refractivity contribution in [1.29, 1.82) is 0 Å². The van der Waals surface area contributed by atoms with Gasteiger partial charge in [0, 0.05) is 12.6 Å². The molecule has 0 saturated carbocycles. The number of aromatic hydroxyl groups is 1. The fourth-order valence-corrected chi connectivity index (χ4v) is 2.82. The van der Waals surface area contributed by atoms with E-state index in [0.29, 0.717) is 12.5 Å². The minimum Gasteiger partial charge on any atom is -0.508 e. The summed E-state index contributed by atoms with van der Waals surface area (Å²) >= 11 is 0. The van der Waals surface area contributed by atoms with Crippen LogP contribution < -0.4 is 10.2 Å². The molecule has 2 unspecified atom stereocenters. The molecule has 0 aromatic heterocycles. The summed E-state index contributed by atoms with van der Waals surface area (Å²) in [6, 6.07) is 5.05. The Balaban J connectivity index is 2.22. The molecular formula is C16H24N2O2. The van der Waals surface area contributed by atoms with Gasteiger partial charge in [-0.3, -0.25) is 4.79 Å². The van der Waals surface area contributed by atoms with E-state index in [9.17, 15) is 9.90 Å². The highest BCUT2D eigenvalue weighted by Crippen LogP contribution is 2.26. The summed E-state index contributed by atoms with van der Waals surface area (Å²) in [4.78, 5) is 14.5. The van der Waals surface area contributed by atoms with Crippen molar-refractivity contribution in [3.05, 3.63) is 23.8 Å². The minimum atomic E-state index is -0.111. The first-order valence-electron chi connectivity index (χ1n) is 7.37. The standard InChI is InChI=1S/C16H24N2O2/c1-4-18(15-10-13(19)6-5-12(15)3)16(20)14-9-11(2)7-8-17-14/h5-6,10-11,14,17,19H,4,7-9H2,1-3H3. The van der Waals surface area contributed by atoms with Crippen LogP contribution in [0.3, 0.4) is 0 Å². The molecule has 1 aliphatic rings. The summed E-state index contributed by atoms with van der Waals surface area (Å²) in [5.74, 6) is 0.878. The average Bonchev–Trinajstić information content (AvgIpc) is 2.43. The molecule has 0 radical (unpaired) electrons. The summed E-state index contributed by atoms with van der Waals surface area (Å²) in [7, 11) is 0. The molecule has 2 rings (SSSR count). The molecule has 20 heavy (non-hydrogen) atoms. The number of carbonyl (C=O) groups excluding carboxylic acids is 1. The van der Waals surface area contributed by atoms with Gasteiger partial charge in [0.15, 0.2) is 0 Å². The maximum absolute atomic E-state index is 12.7. The first-order chi connectivity index (χ1) is 9.52. The number of phenols is 1. The maximum Gasteiger partial charge on any atom is 0.244 e. The van der Waals surface area contributed by atoms with Crippen molar-refractivity contribution < 1.29 is 9.90 Å². The lowest BCUT2D eigenvalue weighted by Gasteiger charge is -2.32. The van der Waals surface area contributed by atoms with Crippen molar-refractivity contribution in [1.82, 2.24) is 5.32 Å². The second-order valence-corrected chi connectivity index (χ2v) is 5.69. The highest BCUT2D eigenvalue weighted by molar-refractivity contribution is 5.98. The van der Waals surface area contributed by atoms with Crippen LogP contribution in [0.25, 0.3) is 0 Å². The highest BCUT2D eigenvalue weighted by atomic mass is 16.3. The first kappa shape index (κ1) is 14.9. The number of rotatable bonds is 3. The number of hydrogen-bond donors (Lipinski definition) is 2. The Morgan fingerprint density at radius 3 is 2.90 bits per heavy atom. The van der Waals surface area contributed by atoms with Crippen molar-refractivity contribution in [2.24, 2.45) is 5.92 Å². The molecule has 1 heterocycles. The maximum atomic E-state index is 12.7. The van der Waals surface area contributed by atoms with Crippen LogP contribution in [0.15, 0.2) is 18.2 Å². The largest absolute Gasteiger partial charge is 0.508 e. The Morgan fingerprint density at radius 2 is 2.25 bits per heavy atom. The lowest BCUT2D eigenvalue weighted by atomic mass is 9.93. The number of benzene rings is 1. The lowest BCUT2D eigenvalue weighted by molar-refractivity contribution is -0.121.